The highest BCUT2D eigenvalue weighted by Crippen LogP contribution is 2.36. The summed E-state index contributed by atoms with van der Waals surface area (Å²) in [5, 5.41) is 0.627. The minimum atomic E-state index is -0.208. The van der Waals surface area contributed by atoms with Gasteiger partial charge in [0.25, 0.3) is 0 Å². The third-order valence-electron chi connectivity index (χ3n) is 4.22. The Labute approximate surface area is 145 Å². The quantitative estimate of drug-likeness (QED) is 0.564. The molecule has 0 amide bonds. The molecular weight excluding hydrogens is 322 g/mol. The molecule has 25 heavy (non-hydrogen) atoms. The Balaban J connectivity index is 2.13. The van der Waals surface area contributed by atoms with E-state index in [1.165, 1.54) is 13.4 Å². The monoisotopic (exact) mass is 341 g/mol. The van der Waals surface area contributed by atoms with Gasteiger partial charge in [0.05, 0.1) is 26.9 Å². The van der Waals surface area contributed by atoms with E-state index in [-0.39, 0.29) is 5.78 Å². The first-order chi connectivity index (χ1) is 12.0. The van der Waals surface area contributed by atoms with Gasteiger partial charge in [-0.3, -0.25) is 4.79 Å². The van der Waals surface area contributed by atoms with E-state index in [1.807, 2.05) is 6.92 Å². The Hall–Kier alpha value is -3.15. The zero-order chi connectivity index (χ0) is 18.1. The Kier molecular flexibility index (Phi) is 4.27. The number of nitrogens with two attached hydrogens (primary N) is 1. The summed E-state index contributed by atoms with van der Waals surface area (Å²) >= 11 is 0. The molecule has 0 saturated heterocycles. The lowest BCUT2D eigenvalue weighted by atomic mass is 10.00. The average Bonchev–Trinajstić information content (AvgIpc) is 3.06. The highest BCUT2D eigenvalue weighted by Gasteiger charge is 2.21. The summed E-state index contributed by atoms with van der Waals surface area (Å²) in [6.07, 6.45) is 1.40. The van der Waals surface area contributed by atoms with Gasteiger partial charge in [0.2, 0.25) is 0 Å². The topological polar surface area (TPSA) is 83.9 Å². The number of furan rings is 1. The van der Waals surface area contributed by atoms with Gasteiger partial charge in [-0.2, -0.15) is 0 Å². The van der Waals surface area contributed by atoms with E-state index in [1.54, 1.807) is 38.5 Å². The van der Waals surface area contributed by atoms with E-state index >= 15 is 0 Å². The number of anilines is 1. The van der Waals surface area contributed by atoms with Crippen molar-refractivity contribution in [1.82, 2.24) is 0 Å². The second-order valence-corrected chi connectivity index (χ2v) is 5.54. The molecule has 0 spiro atoms. The fourth-order valence-electron chi connectivity index (χ4n) is 2.83. The summed E-state index contributed by atoms with van der Waals surface area (Å²) in [5.74, 6) is 1.45. The first-order valence-electron chi connectivity index (χ1n) is 7.62. The van der Waals surface area contributed by atoms with Gasteiger partial charge in [-0.05, 0) is 31.2 Å². The highest BCUT2D eigenvalue weighted by molar-refractivity contribution is 6.17. The molecule has 130 valence electrons. The van der Waals surface area contributed by atoms with Crippen LogP contribution in [0.4, 0.5) is 5.69 Å². The lowest BCUT2D eigenvalue weighted by Gasteiger charge is -2.12. The first kappa shape index (κ1) is 16.7. The van der Waals surface area contributed by atoms with Crippen LogP contribution in [0, 0.1) is 6.92 Å². The van der Waals surface area contributed by atoms with Gasteiger partial charge in [0, 0.05) is 16.5 Å². The van der Waals surface area contributed by atoms with Crippen molar-refractivity contribution >= 4 is 22.4 Å². The van der Waals surface area contributed by atoms with E-state index in [4.69, 9.17) is 24.4 Å². The van der Waals surface area contributed by atoms with E-state index in [0.717, 1.165) is 5.56 Å². The Morgan fingerprint density at radius 3 is 2.16 bits per heavy atom. The van der Waals surface area contributed by atoms with Gasteiger partial charge in [-0.15, -0.1) is 0 Å². The lowest BCUT2D eigenvalue weighted by molar-refractivity contribution is 0.103. The summed E-state index contributed by atoms with van der Waals surface area (Å²) in [7, 11) is 4.63. The van der Waals surface area contributed by atoms with Crippen molar-refractivity contribution in [3.8, 4) is 17.2 Å². The third kappa shape index (κ3) is 2.65. The van der Waals surface area contributed by atoms with Crippen molar-refractivity contribution in [3.63, 3.8) is 0 Å². The van der Waals surface area contributed by atoms with Gasteiger partial charge in [-0.25, -0.2) is 0 Å². The molecule has 6 nitrogen and oxygen atoms in total. The molecule has 0 aliphatic rings. The third-order valence-corrected chi connectivity index (χ3v) is 4.22. The molecule has 0 unspecified atom stereocenters. The molecule has 3 aromatic rings. The first-order valence-corrected chi connectivity index (χ1v) is 7.62. The van der Waals surface area contributed by atoms with Crippen LogP contribution in [-0.4, -0.2) is 27.1 Å². The van der Waals surface area contributed by atoms with Crippen LogP contribution in [0.3, 0.4) is 0 Å². The number of ketones is 1. The fourth-order valence-corrected chi connectivity index (χ4v) is 2.83. The van der Waals surface area contributed by atoms with Crippen LogP contribution in [0.2, 0.25) is 0 Å². The number of carbonyl (C=O) groups excluding carboxylic acids is 1. The number of hydrogen-bond donors (Lipinski definition) is 1. The summed E-state index contributed by atoms with van der Waals surface area (Å²) in [6, 6.07) is 6.84. The summed E-state index contributed by atoms with van der Waals surface area (Å²) < 4.78 is 21.4. The van der Waals surface area contributed by atoms with Crippen molar-refractivity contribution in [3.05, 3.63) is 47.2 Å². The molecular formula is C19H19NO5. The molecule has 0 aliphatic heterocycles. The molecule has 0 radical (unpaired) electrons. The molecule has 0 atom stereocenters. The van der Waals surface area contributed by atoms with Crippen molar-refractivity contribution in [2.24, 2.45) is 0 Å². The minimum absolute atomic E-state index is 0.208. The van der Waals surface area contributed by atoms with Crippen molar-refractivity contribution in [2.45, 2.75) is 6.92 Å². The number of rotatable bonds is 5. The van der Waals surface area contributed by atoms with Crippen LogP contribution >= 0.6 is 0 Å². The summed E-state index contributed by atoms with van der Waals surface area (Å²) in [5.41, 5.74) is 8.49. The Bertz CT molecular complexity index is 933. The van der Waals surface area contributed by atoms with Gasteiger partial charge in [0.15, 0.2) is 11.4 Å². The fraction of sp³-hybridized carbons (Fsp3) is 0.211. The van der Waals surface area contributed by atoms with Crippen LogP contribution < -0.4 is 19.9 Å². The Morgan fingerprint density at radius 2 is 1.60 bits per heavy atom. The smallest absolute Gasteiger partial charge is 0.197 e. The van der Waals surface area contributed by atoms with Gasteiger partial charge in [-0.1, -0.05) is 0 Å². The van der Waals surface area contributed by atoms with Crippen LogP contribution in [0.5, 0.6) is 17.2 Å². The standard InChI is InChI=1S/C19H19NO5/c1-10-15(23-3)7-11(8-16(10)24-4)18(21)13-9-25-19-12(13)5-6-14(22-2)17(19)20/h5-9H,20H2,1-4H3. The predicted molar refractivity (Wildman–Crippen MR) is 94.9 cm³/mol. The zero-order valence-electron chi connectivity index (χ0n) is 14.5. The molecule has 0 saturated carbocycles. The van der Waals surface area contributed by atoms with E-state index < -0.39 is 0 Å². The molecule has 0 aliphatic carbocycles. The van der Waals surface area contributed by atoms with Gasteiger partial charge in [0.1, 0.15) is 29.2 Å². The van der Waals surface area contributed by atoms with Crippen LogP contribution in [0.15, 0.2) is 34.9 Å². The van der Waals surface area contributed by atoms with Crippen molar-refractivity contribution in [1.29, 1.82) is 0 Å². The SMILES string of the molecule is COc1cc(C(=O)c2coc3c(N)c(OC)ccc23)cc(OC)c1C. The number of methoxy groups -OCH3 is 3. The Morgan fingerprint density at radius 1 is 1.00 bits per heavy atom. The van der Waals surface area contributed by atoms with Gasteiger partial charge < -0.3 is 24.4 Å². The minimum Gasteiger partial charge on any atom is -0.496 e. The zero-order valence-corrected chi connectivity index (χ0v) is 14.5. The van der Waals surface area contributed by atoms with Crippen LogP contribution in [0.25, 0.3) is 11.0 Å². The second-order valence-electron chi connectivity index (χ2n) is 5.54. The molecule has 0 fully saturated rings. The number of fused-ring (bicyclic) bond motifs is 1. The summed E-state index contributed by atoms with van der Waals surface area (Å²) in [4.78, 5) is 13.0. The van der Waals surface area contributed by atoms with Crippen LogP contribution in [-0.2, 0) is 0 Å². The van der Waals surface area contributed by atoms with Crippen LogP contribution in [0.1, 0.15) is 21.5 Å². The predicted octanol–water partition coefficient (Wildman–Crippen LogP) is 3.58. The molecule has 2 N–H and O–H groups in total. The number of hydrogen-bond acceptors (Lipinski definition) is 6. The van der Waals surface area contributed by atoms with Crippen molar-refractivity contribution in [2.75, 3.05) is 27.1 Å². The molecule has 1 heterocycles. The van der Waals surface area contributed by atoms with E-state index in [0.29, 0.717) is 45.0 Å². The van der Waals surface area contributed by atoms with E-state index in [9.17, 15) is 4.79 Å². The number of benzene rings is 2. The largest absolute Gasteiger partial charge is 0.496 e. The van der Waals surface area contributed by atoms with Crippen molar-refractivity contribution < 1.29 is 23.4 Å². The normalized spacial score (nSPS) is 10.7. The lowest BCUT2D eigenvalue weighted by Crippen LogP contribution is -2.03. The molecule has 1 aromatic heterocycles. The molecule has 0 bridgehead atoms. The molecule has 2 aromatic carbocycles. The summed E-state index contributed by atoms with van der Waals surface area (Å²) in [6.45, 7) is 1.87. The maximum atomic E-state index is 13.0. The number of ether oxygens (including phenoxy) is 3. The second kappa shape index (κ2) is 6.39. The van der Waals surface area contributed by atoms with Gasteiger partial charge >= 0.3 is 0 Å². The molecule has 6 heteroatoms. The van der Waals surface area contributed by atoms with E-state index in [2.05, 4.69) is 0 Å². The molecule has 3 rings (SSSR count). The number of nitrogen functional groups attached to an aromatic ring is 1. The maximum absolute atomic E-state index is 13.0. The average molecular weight is 341 g/mol. The number of carbonyl (C=O) groups is 1. The highest BCUT2D eigenvalue weighted by atomic mass is 16.5. The maximum Gasteiger partial charge on any atom is 0.197 e.